The van der Waals surface area contributed by atoms with Gasteiger partial charge in [-0.2, -0.15) is 5.10 Å². The summed E-state index contributed by atoms with van der Waals surface area (Å²) in [6, 6.07) is 5.43. The van der Waals surface area contributed by atoms with Crippen LogP contribution in [0.2, 0.25) is 0 Å². The number of rotatable bonds is 4. The van der Waals surface area contributed by atoms with Gasteiger partial charge in [0.05, 0.1) is 6.54 Å². The molecule has 1 aliphatic heterocycles. The fraction of sp³-hybridized carbons (Fsp3) is 0.375. The smallest absolute Gasteiger partial charge is 0.238 e. The van der Waals surface area contributed by atoms with E-state index in [-0.39, 0.29) is 29.9 Å². The molecule has 2 aromatic rings. The van der Waals surface area contributed by atoms with Crippen molar-refractivity contribution in [3.8, 4) is 0 Å². The number of alkyl halides is 1. The molecule has 0 aliphatic carbocycles. The van der Waals surface area contributed by atoms with E-state index in [0.717, 1.165) is 5.69 Å². The van der Waals surface area contributed by atoms with Crippen LogP contribution in [-0.4, -0.2) is 32.5 Å². The average molecular weight is 340 g/mol. The van der Waals surface area contributed by atoms with Crippen LogP contribution in [0.1, 0.15) is 17.7 Å². The van der Waals surface area contributed by atoms with Crippen LogP contribution in [0, 0.1) is 11.6 Å². The van der Waals surface area contributed by atoms with Crippen LogP contribution < -0.4 is 0 Å². The Morgan fingerprint density at radius 1 is 1.35 bits per heavy atom. The molecular weight excluding hydrogens is 324 g/mol. The van der Waals surface area contributed by atoms with Crippen molar-refractivity contribution in [3.63, 3.8) is 0 Å². The van der Waals surface area contributed by atoms with Crippen molar-refractivity contribution in [2.75, 3.05) is 5.88 Å². The number of hydrogen-bond acceptors (Lipinski definition) is 2. The summed E-state index contributed by atoms with van der Waals surface area (Å²) in [6.45, 7) is 0.543. The highest BCUT2D eigenvalue weighted by Gasteiger charge is 2.29. The Morgan fingerprint density at radius 2 is 2.09 bits per heavy atom. The third-order valence-corrected chi connectivity index (χ3v) is 4.42. The molecule has 1 unspecified atom stereocenters. The highest BCUT2D eigenvalue weighted by atomic mass is 35.5. The number of aromatic nitrogens is 2. The first kappa shape index (κ1) is 15.9. The molecule has 0 bridgehead atoms. The van der Waals surface area contributed by atoms with Gasteiger partial charge in [0.25, 0.3) is 0 Å². The maximum absolute atomic E-state index is 13.9. The largest absolute Gasteiger partial charge is 0.334 e. The lowest BCUT2D eigenvalue weighted by Crippen LogP contribution is -2.44. The van der Waals surface area contributed by atoms with Crippen LogP contribution in [0.3, 0.4) is 0 Å². The molecule has 1 atom stereocenters. The predicted molar refractivity (Wildman–Crippen MR) is 82.0 cm³/mol. The molecule has 0 saturated heterocycles. The van der Waals surface area contributed by atoms with Crippen molar-refractivity contribution in [1.82, 2.24) is 14.7 Å². The zero-order chi connectivity index (χ0) is 16.4. The zero-order valence-corrected chi connectivity index (χ0v) is 13.1. The lowest BCUT2D eigenvalue weighted by atomic mass is 10.0. The summed E-state index contributed by atoms with van der Waals surface area (Å²) >= 11 is 5.69. The Kier molecular flexibility index (Phi) is 4.61. The lowest BCUT2D eigenvalue weighted by molar-refractivity contribution is -0.132. The summed E-state index contributed by atoms with van der Waals surface area (Å²) in [5.41, 5.74) is 0.896. The maximum atomic E-state index is 13.9. The Bertz CT molecular complexity index is 699. The van der Waals surface area contributed by atoms with Crippen LogP contribution in [0.5, 0.6) is 0 Å². The van der Waals surface area contributed by atoms with Crippen molar-refractivity contribution < 1.29 is 13.6 Å². The normalized spacial score (nSPS) is 16.9. The summed E-state index contributed by atoms with van der Waals surface area (Å²) in [4.78, 5) is 13.7. The number of nitrogens with zero attached hydrogens (tertiary/aromatic N) is 3. The number of amides is 1. The number of fused-ring (bicyclic) bond motifs is 1. The number of halogens is 3. The lowest BCUT2D eigenvalue weighted by Gasteiger charge is -2.34. The van der Waals surface area contributed by atoms with E-state index in [9.17, 15) is 13.6 Å². The van der Waals surface area contributed by atoms with E-state index in [1.54, 1.807) is 6.20 Å². The summed E-state index contributed by atoms with van der Waals surface area (Å²) in [7, 11) is 0. The van der Waals surface area contributed by atoms with E-state index < -0.39 is 11.6 Å². The third-order valence-electron chi connectivity index (χ3n) is 4.19. The van der Waals surface area contributed by atoms with Crippen LogP contribution in [0.25, 0.3) is 0 Å². The second kappa shape index (κ2) is 6.66. The molecule has 0 N–H and O–H groups in total. The molecule has 1 amide bonds. The van der Waals surface area contributed by atoms with E-state index >= 15 is 0 Å². The van der Waals surface area contributed by atoms with Gasteiger partial charge in [-0.25, -0.2) is 8.78 Å². The molecule has 0 spiro atoms. The van der Waals surface area contributed by atoms with Crippen LogP contribution in [0.15, 0.2) is 30.5 Å². The van der Waals surface area contributed by atoms with Gasteiger partial charge in [0.1, 0.15) is 17.5 Å². The predicted octanol–water partition coefficient (Wildman–Crippen LogP) is 2.74. The first-order valence-electron chi connectivity index (χ1n) is 7.39. The fourth-order valence-corrected chi connectivity index (χ4v) is 3.12. The van der Waals surface area contributed by atoms with E-state index in [2.05, 4.69) is 5.10 Å². The third kappa shape index (κ3) is 3.22. The zero-order valence-electron chi connectivity index (χ0n) is 12.4. The van der Waals surface area contributed by atoms with Gasteiger partial charge >= 0.3 is 0 Å². The van der Waals surface area contributed by atoms with E-state index in [4.69, 9.17) is 11.6 Å². The standard InChI is InChI=1S/C16H16ClF2N3O/c17-9-16(23)21(10-13-14(18)2-1-3-15(13)19)11-5-7-22-12(8-11)4-6-20-22/h1-4,6,11H,5,7-10H2. The molecule has 122 valence electrons. The molecule has 3 rings (SSSR count). The fourth-order valence-electron chi connectivity index (χ4n) is 2.97. The highest BCUT2D eigenvalue weighted by molar-refractivity contribution is 6.27. The summed E-state index contributed by atoms with van der Waals surface area (Å²) in [5, 5.41) is 4.19. The quantitative estimate of drug-likeness (QED) is 0.803. The van der Waals surface area contributed by atoms with Gasteiger partial charge < -0.3 is 4.90 Å². The number of carbonyl (C=O) groups is 1. The summed E-state index contributed by atoms with van der Waals surface area (Å²) in [5.74, 6) is -1.85. The van der Waals surface area contributed by atoms with Crippen molar-refractivity contribution in [2.24, 2.45) is 0 Å². The number of hydrogen-bond donors (Lipinski definition) is 0. The van der Waals surface area contributed by atoms with Gasteiger partial charge in [-0.3, -0.25) is 9.48 Å². The van der Waals surface area contributed by atoms with Crippen LogP contribution in [0.4, 0.5) is 8.78 Å². The van der Waals surface area contributed by atoms with Crippen molar-refractivity contribution in [1.29, 1.82) is 0 Å². The Hall–Kier alpha value is -1.95. The van der Waals surface area contributed by atoms with E-state index in [0.29, 0.717) is 19.4 Å². The van der Waals surface area contributed by atoms with Gasteiger partial charge in [-0.15, -0.1) is 11.6 Å². The second-order valence-electron chi connectivity index (χ2n) is 5.55. The van der Waals surface area contributed by atoms with Crippen molar-refractivity contribution in [2.45, 2.75) is 32.0 Å². The van der Waals surface area contributed by atoms with Crippen molar-refractivity contribution >= 4 is 17.5 Å². The van der Waals surface area contributed by atoms with Gasteiger partial charge in [0.15, 0.2) is 0 Å². The molecule has 0 fully saturated rings. The van der Waals surface area contributed by atoms with E-state index in [1.165, 1.54) is 23.1 Å². The summed E-state index contributed by atoms with van der Waals surface area (Å²) < 4.78 is 29.7. The highest BCUT2D eigenvalue weighted by Crippen LogP contribution is 2.23. The van der Waals surface area contributed by atoms with Gasteiger partial charge in [-0.05, 0) is 24.6 Å². The Balaban J connectivity index is 1.86. The second-order valence-corrected chi connectivity index (χ2v) is 5.82. The first-order valence-corrected chi connectivity index (χ1v) is 7.92. The minimum Gasteiger partial charge on any atom is -0.334 e. The van der Waals surface area contributed by atoms with E-state index in [1.807, 2.05) is 10.7 Å². The number of aryl methyl sites for hydroxylation is 1. The molecular formula is C16H16ClF2N3O. The monoisotopic (exact) mass is 339 g/mol. The minimum absolute atomic E-state index is 0.106. The van der Waals surface area contributed by atoms with Crippen LogP contribution >= 0.6 is 11.6 Å². The Morgan fingerprint density at radius 3 is 2.78 bits per heavy atom. The molecule has 4 nitrogen and oxygen atoms in total. The molecule has 2 heterocycles. The molecule has 1 aliphatic rings. The molecule has 23 heavy (non-hydrogen) atoms. The molecule has 1 aromatic heterocycles. The van der Waals surface area contributed by atoms with Gasteiger partial charge in [0, 0.05) is 36.5 Å². The first-order chi connectivity index (χ1) is 11.1. The van der Waals surface area contributed by atoms with Gasteiger partial charge in [0.2, 0.25) is 5.91 Å². The maximum Gasteiger partial charge on any atom is 0.238 e. The topological polar surface area (TPSA) is 38.1 Å². The van der Waals surface area contributed by atoms with Gasteiger partial charge in [-0.1, -0.05) is 6.07 Å². The average Bonchev–Trinajstić information content (AvgIpc) is 3.01. The molecule has 1 aromatic carbocycles. The van der Waals surface area contributed by atoms with Crippen LogP contribution in [-0.2, 0) is 24.3 Å². The number of carbonyl (C=O) groups excluding carboxylic acids is 1. The molecule has 0 radical (unpaired) electrons. The van der Waals surface area contributed by atoms with Crippen molar-refractivity contribution in [3.05, 3.63) is 53.4 Å². The molecule has 7 heteroatoms. The SMILES string of the molecule is O=C(CCl)N(Cc1c(F)cccc1F)C1CCn2nccc2C1. The minimum atomic E-state index is -0.654. The number of benzene rings is 1. The molecule has 0 saturated carbocycles. The summed E-state index contributed by atoms with van der Waals surface area (Å²) in [6.07, 6.45) is 2.98. The Labute approximate surface area is 137 Å².